The molecule has 0 spiro atoms. The monoisotopic (exact) mass is 800 g/mol. The number of unbranched alkanes of at least 4 members (excludes halogenated alkanes) is 26. The lowest BCUT2D eigenvalue weighted by Crippen LogP contribution is -2.46. The van der Waals surface area contributed by atoms with Crippen LogP contribution in [0.15, 0.2) is 48.6 Å². The van der Waals surface area contributed by atoms with E-state index in [1.54, 1.807) is 0 Å². The molecule has 0 heterocycles. The topological polar surface area (TPSA) is 95.9 Å². The van der Waals surface area contributed by atoms with Gasteiger partial charge in [0.2, 0.25) is 5.91 Å². The van der Waals surface area contributed by atoms with Gasteiger partial charge in [-0.2, -0.15) is 0 Å². The lowest BCUT2D eigenvalue weighted by Gasteiger charge is -2.24. The van der Waals surface area contributed by atoms with E-state index in [9.17, 15) is 19.8 Å². The lowest BCUT2D eigenvalue weighted by atomic mass is 10.0. The Hall–Kier alpha value is -2.18. The maximum absolute atomic E-state index is 13.2. The van der Waals surface area contributed by atoms with Crippen LogP contribution in [0.25, 0.3) is 0 Å². The van der Waals surface area contributed by atoms with E-state index in [1.165, 1.54) is 122 Å². The first-order chi connectivity index (χ1) is 28.0. The number of esters is 1. The Morgan fingerprint density at radius 3 is 1.44 bits per heavy atom. The predicted octanol–water partition coefficient (Wildman–Crippen LogP) is 14.3. The third kappa shape index (κ3) is 40.4. The van der Waals surface area contributed by atoms with Crippen LogP contribution in [0.1, 0.15) is 239 Å². The van der Waals surface area contributed by atoms with E-state index >= 15 is 0 Å². The van der Waals surface area contributed by atoms with Gasteiger partial charge in [-0.25, -0.2) is 0 Å². The molecule has 0 aromatic rings. The summed E-state index contributed by atoms with van der Waals surface area (Å²) in [5.74, 6) is -0.508. The van der Waals surface area contributed by atoms with Gasteiger partial charge in [0.1, 0.15) is 6.10 Å². The summed E-state index contributed by atoms with van der Waals surface area (Å²) in [5.41, 5.74) is 0. The molecule has 0 saturated heterocycles. The minimum absolute atomic E-state index is 0.0534. The summed E-state index contributed by atoms with van der Waals surface area (Å²) in [6.07, 6.45) is 53.1. The van der Waals surface area contributed by atoms with Crippen LogP contribution < -0.4 is 5.32 Å². The van der Waals surface area contributed by atoms with E-state index in [4.69, 9.17) is 4.74 Å². The highest BCUT2D eigenvalue weighted by Gasteiger charge is 2.24. The molecule has 0 aliphatic rings. The maximum atomic E-state index is 13.2. The Morgan fingerprint density at radius 2 is 0.947 bits per heavy atom. The molecule has 3 atom stereocenters. The van der Waals surface area contributed by atoms with Gasteiger partial charge < -0.3 is 20.3 Å². The van der Waals surface area contributed by atoms with Crippen molar-refractivity contribution >= 4 is 11.9 Å². The smallest absolute Gasteiger partial charge is 0.306 e. The average molecular weight is 800 g/mol. The number of hydrogen-bond acceptors (Lipinski definition) is 5. The molecule has 6 heteroatoms. The summed E-state index contributed by atoms with van der Waals surface area (Å²) in [4.78, 5) is 26.0. The van der Waals surface area contributed by atoms with E-state index in [0.29, 0.717) is 19.3 Å². The number of ether oxygens (including phenoxy) is 1. The van der Waals surface area contributed by atoms with Gasteiger partial charge in [-0.1, -0.05) is 230 Å². The number of carbonyl (C=O) groups is 2. The zero-order valence-electron chi connectivity index (χ0n) is 37.7. The van der Waals surface area contributed by atoms with Gasteiger partial charge in [-0.15, -0.1) is 0 Å². The second-order valence-electron chi connectivity index (χ2n) is 16.6. The Balaban J connectivity index is 4.64. The zero-order valence-corrected chi connectivity index (χ0v) is 37.7. The second-order valence-corrected chi connectivity index (χ2v) is 16.6. The third-order valence-corrected chi connectivity index (χ3v) is 11.0. The molecule has 0 radical (unpaired) electrons. The van der Waals surface area contributed by atoms with Crippen LogP contribution in [0.5, 0.6) is 0 Å². The van der Waals surface area contributed by atoms with Gasteiger partial charge in [-0.3, -0.25) is 9.59 Å². The first-order valence-corrected chi connectivity index (χ1v) is 24.4. The van der Waals surface area contributed by atoms with Gasteiger partial charge in [0.15, 0.2) is 0 Å². The van der Waals surface area contributed by atoms with E-state index in [1.807, 2.05) is 24.3 Å². The molecule has 3 N–H and O–H groups in total. The lowest BCUT2D eigenvalue weighted by molar-refractivity contribution is -0.151. The van der Waals surface area contributed by atoms with Crippen molar-refractivity contribution < 1.29 is 24.5 Å². The SMILES string of the molecule is CC/C=C/C=C/C=C/C=C\CCCCCC(CC(=O)NC(CO)C(O)CCCCCCCCCCCCC)OC(=O)CCCCCCCCCCCCCCCC. The molecule has 0 fully saturated rings. The summed E-state index contributed by atoms with van der Waals surface area (Å²) in [5, 5.41) is 23.7. The number of aliphatic hydroxyl groups is 2. The Bertz CT molecular complexity index is 988. The Labute approximate surface area is 353 Å². The molecule has 0 aromatic heterocycles. The third-order valence-electron chi connectivity index (χ3n) is 11.0. The Kier molecular flexibility index (Phi) is 43.2. The van der Waals surface area contributed by atoms with E-state index < -0.39 is 18.2 Å². The van der Waals surface area contributed by atoms with Crippen molar-refractivity contribution in [2.24, 2.45) is 0 Å². The number of aliphatic hydroxyl groups excluding tert-OH is 2. The molecule has 0 aliphatic carbocycles. The normalized spacial score (nSPS) is 13.7. The molecule has 0 bridgehead atoms. The molecule has 57 heavy (non-hydrogen) atoms. The maximum Gasteiger partial charge on any atom is 0.306 e. The fraction of sp³-hybridized carbons (Fsp3) is 0.804. The van der Waals surface area contributed by atoms with Crippen LogP contribution in [-0.4, -0.2) is 46.9 Å². The van der Waals surface area contributed by atoms with Crippen molar-refractivity contribution in [3.8, 4) is 0 Å². The van der Waals surface area contributed by atoms with E-state index in [2.05, 4.69) is 50.4 Å². The van der Waals surface area contributed by atoms with Gasteiger partial charge >= 0.3 is 5.97 Å². The van der Waals surface area contributed by atoms with Gasteiger partial charge in [-0.05, 0) is 44.9 Å². The highest BCUT2D eigenvalue weighted by molar-refractivity contribution is 5.77. The number of nitrogens with one attached hydrogen (secondary N) is 1. The summed E-state index contributed by atoms with van der Waals surface area (Å²) in [6.45, 7) is 6.32. The van der Waals surface area contributed by atoms with Crippen LogP contribution in [0, 0.1) is 0 Å². The number of hydrogen-bond donors (Lipinski definition) is 3. The summed E-state index contributed by atoms with van der Waals surface area (Å²) >= 11 is 0. The molecule has 0 saturated carbocycles. The number of rotatable bonds is 43. The fourth-order valence-electron chi connectivity index (χ4n) is 7.32. The molecular formula is C51H93NO5. The van der Waals surface area contributed by atoms with Gasteiger partial charge in [0, 0.05) is 6.42 Å². The average Bonchev–Trinajstić information content (AvgIpc) is 3.20. The van der Waals surface area contributed by atoms with Crippen LogP contribution in [0.2, 0.25) is 0 Å². The van der Waals surface area contributed by atoms with Crippen molar-refractivity contribution in [3.63, 3.8) is 0 Å². The molecule has 0 aliphatic heterocycles. The molecule has 1 amide bonds. The number of carbonyl (C=O) groups excluding carboxylic acids is 2. The first kappa shape index (κ1) is 54.8. The van der Waals surface area contributed by atoms with Crippen LogP contribution in [0.4, 0.5) is 0 Å². The second kappa shape index (κ2) is 44.9. The zero-order chi connectivity index (χ0) is 41.7. The molecule has 0 rings (SSSR count). The summed E-state index contributed by atoms with van der Waals surface area (Å²) < 4.78 is 5.90. The summed E-state index contributed by atoms with van der Waals surface area (Å²) in [6, 6.07) is -0.711. The van der Waals surface area contributed by atoms with Crippen LogP contribution >= 0.6 is 0 Å². The fourth-order valence-corrected chi connectivity index (χ4v) is 7.32. The van der Waals surface area contributed by atoms with Crippen LogP contribution in [-0.2, 0) is 14.3 Å². The van der Waals surface area contributed by atoms with Crippen molar-refractivity contribution in [1.29, 1.82) is 0 Å². The molecule has 332 valence electrons. The van der Waals surface area contributed by atoms with Crippen molar-refractivity contribution in [2.75, 3.05) is 6.61 Å². The number of amides is 1. The quantitative estimate of drug-likeness (QED) is 0.0324. The van der Waals surface area contributed by atoms with Crippen molar-refractivity contribution in [1.82, 2.24) is 5.32 Å². The minimum atomic E-state index is -0.796. The summed E-state index contributed by atoms with van der Waals surface area (Å²) in [7, 11) is 0. The minimum Gasteiger partial charge on any atom is -0.462 e. The highest BCUT2D eigenvalue weighted by atomic mass is 16.5. The largest absolute Gasteiger partial charge is 0.462 e. The molecule has 3 unspecified atom stereocenters. The Morgan fingerprint density at radius 1 is 0.526 bits per heavy atom. The van der Waals surface area contributed by atoms with Crippen molar-refractivity contribution in [3.05, 3.63) is 48.6 Å². The van der Waals surface area contributed by atoms with E-state index in [0.717, 1.165) is 70.6 Å². The van der Waals surface area contributed by atoms with Crippen LogP contribution in [0.3, 0.4) is 0 Å². The highest BCUT2D eigenvalue weighted by Crippen LogP contribution is 2.18. The standard InChI is InChI=1S/C51H93NO5/c1-4-7-10-13-16-19-22-24-26-29-32-35-38-41-44-51(56)57-47(42-39-36-33-30-28-25-23-20-17-14-11-8-5-2)45-50(55)52-48(46-53)49(54)43-40-37-34-31-27-21-18-15-12-9-6-3/h8,11,14,17,20,23,25,28,47-49,53-54H,4-7,9-10,12-13,15-16,18-19,21-22,24,26-27,29-46H2,1-3H3,(H,52,55)/b11-8+,17-14+,23-20+,28-25-. The van der Waals surface area contributed by atoms with Crippen molar-refractivity contribution in [2.45, 2.75) is 257 Å². The molecular weight excluding hydrogens is 707 g/mol. The van der Waals surface area contributed by atoms with E-state index in [-0.39, 0.29) is 24.9 Å². The number of allylic oxidation sites excluding steroid dienone is 8. The van der Waals surface area contributed by atoms with Gasteiger partial charge in [0.05, 0.1) is 25.2 Å². The molecule has 6 nitrogen and oxygen atoms in total. The van der Waals surface area contributed by atoms with Gasteiger partial charge in [0.25, 0.3) is 0 Å². The first-order valence-electron chi connectivity index (χ1n) is 24.4. The predicted molar refractivity (Wildman–Crippen MR) is 245 cm³/mol. The molecule has 0 aromatic carbocycles.